The predicted octanol–water partition coefficient (Wildman–Crippen LogP) is 3.70. The molecule has 2 aromatic rings. The first-order chi connectivity index (χ1) is 9.88. The Kier molecular flexibility index (Phi) is 4.26. The Bertz CT molecular complexity index is 639. The van der Waals surface area contributed by atoms with E-state index in [1.165, 1.54) is 24.5 Å². The number of carbonyl (C=O) groups is 1. The molecule has 0 saturated carbocycles. The number of aryl methyl sites for hydroxylation is 1. The molecule has 0 unspecified atom stereocenters. The molecular formula is C15H13F3N2O. The molecule has 0 bridgehead atoms. The number of aromatic nitrogens is 1. The molecule has 0 aliphatic carbocycles. The van der Waals surface area contributed by atoms with Crippen LogP contribution < -0.4 is 5.32 Å². The zero-order valence-electron chi connectivity index (χ0n) is 11.2. The van der Waals surface area contributed by atoms with Crippen molar-refractivity contribution in [2.24, 2.45) is 0 Å². The van der Waals surface area contributed by atoms with Gasteiger partial charge in [0.05, 0.1) is 12.1 Å². The molecule has 0 saturated heterocycles. The third-order valence-corrected chi connectivity index (χ3v) is 2.91. The highest BCUT2D eigenvalue weighted by atomic mass is 19.4. The number of hydrogen-bond acceptors (Lipinski definition) is 3. The fourth-order valence-corrected chi connectivity index (χ4v) is 1.88. The lowest BCUT2D eigenvalue weighted by molar-refractivity contribution is -0.137. The molecule has 0 aliphatic rings. The second-order valence-electron chi connectivity index (χ2n) is 4.56. The topological polar surface area (TPSA) is 42.0 Å². The first kappa shape index (κ1) is 15.0. The van der Waals surface area contributed by atoms with Crippen molar-refractivity contribution in [1.29, 1.82) is 0 Å². The lowest BCUT2D eigenvalue weighted by Gasteiger charge is -2.13. The minimum absolute atomic E-state index is 0.212. The van der Waals surface area contributed by atoms with Crippen LogP contribution in [-0.4, -0.2) is 17.3 Å². The highest BCUT2D eigenvalue weighted by molar-refractivity contribution is 6.00. The van der Waals surface area contributed by atoms with Crippen molar-refractivity contribution >= 4 is 11.5 Å². The Balaban J connectivity index is 2.20. The van der Waals surface area contributed by atoms with Gasteiger partial charge in [0, 0.05) is 23.6 Å². The van der Waals surface area contributed by atoms with Crippen molar-refractivity contribution in [3.8, 4) is 0 Å². The number of Topliss-reactive ketones (excluding diaryl/α,β-unsaturated/α-hetero) is 1. The van der Waals surface area contributed by atoms with Crippen LogP contribution in [0.3, 0.4) is 0 Å². The van der Waals surface area contributed by atoms with Crippen molar-refractivity contribution < 1.29 is 18.0 Å². The number of halogens is 3. The number of pyridine rings is 1. The molecule has 21 heavy (non-hydrogen) atoms. The quantitative estimate of drug-likeness (QED) is 0.874. The van der Waals surface area contributed by atoms with Crippen molar-refractivity contribution in [2.75, 3.05) is 11.9 Å². The Morgan fingerprint density at radius 2 is 1.86 bits per heavy atom. The van der Waals surface area contributed by atoms with Crippen LogP contribution in [0, 0.1) is 6.92 Å². The summed E-state index contributed by atoms with van der Waals surface area (Å²) in [5.41, 5.74) is -0.140. The van der Waals surface area contributed by atoms with Crippen LogP contribution in [0.2, 0.25) is 0 Å². The van der Waals surface area contributed by atoms with Gasteiger partial charge in [0.1, 0.15) is 0 Å². The molecule has 110 valence electrons. The Labute approximate surface area is 119 Å². The Morgan fingerprint density at radius 1 is 1.19 bits per heavy atom. The van der Waals surface area contributed by atoms with Gasteiger partial charge in [-0.25, -0.2) is 0 Å². The predicted molar refractivity (Wildman–Crippen MR) is 73.2 cm³/mol. The summed E-state index contributed by atoms with van der Waals surface area (Å²) in [7, 11) is 0. The van der Waals surface area contributed by atoms with Crippen molar-refractivity contribution in [3.63, 3.8) is 0 Å². The van der Waals surface area contributed by atoms with E-state index >= 15 is 0 Å². The zero-order valence-corrected chi connectivity index (χ0v) is 11.2. The number of carbonyl (C=O) groups excluding carboxylic acids is 1. The molecule has 3 nitrogen and oxygen atoms in total. The molecule has 0 amide bonds. The normalized spacial score (nSPS) is 11.2. The zero-order chi connectivity index (χ0) is 15.5. The number of ketones is 1. The minimum atomic E-state index is -4.55. The number of alkyl halides is 3. The third kappa shape index (κ3) is 3.81. The monoisotopic (exact) mass is 294 g/mol. The largest absolute Gasteiger partial charge is 0.417 e. The van der Waals surface area contributed by atoms with Crippen molar-refractivity contribution in [3.05, 3.63) is 59.4 Å². The number of anilines is 1. The van der Waals surface area contributed by atoms with Crippen LogP contribution in [-0.2, 0) is 6.18 Å². The molecule has 1 heterocycles. The van der Waals surface area contributed by atoms with Crippen LogP contribution in [0.5, 0.6) is 0 Å². The lowest BCUT2D eigenvalue weighted by Crippen LogP contribution is -2.19. The summed E-state index contributed by atoms with van der Waals surface area (Å²) in [6.07, 6.45) is -1.49. The Hall–Kier alpha value is -2.37. The standard InChI is InChI=1S/C15H13F3N2O/c1-10-2-3-12(13(8-10)15(16,17)18)14(21)9-20-11-4-6-19-7-5-11/h2-8H,9H2,1H3,(H,19,20). The van der Waals surface area contributed by atoms with Gasteiger partial charge in [-0.1, -0.05) is 17.7 Å². The number of nitrogens with zero attached hydrogens (tertiary/aromatic N) is 1. The maximum absolute atomic E-state index is 13.0. The van der Waals surface area contributed by atoms with Crippen molar-refractivity contribution in [2.45, 2.75) is 13.1 Å². The number of nitrogens with one attached hydrogen (secondary N) is 1. The molecule has 0 radical (unpaired) electrons. The fraction of sp³-hybridized carbons (Fsp3) is 0.200. The van der Waals surface area contributed by atoms with E-state index in [-0.39, 0.29) is 12.1 Å². The molecule has 1 aromatic heterocycles. The molecule has 1 aromatic carbocycles. The summed E-state index contributed by atoms with van der Waals surface area (Å²) in [6, 6.07) is 6.96. The number of rotatable bonds is 4. The van der Waals surface area contributed by atoms with E-state index in [9.17, 15) is 18.0 Å². The molecule has 1 N–H and O–H groups in total. The highest BCUT2D eigenvalue weighted by Crippen LogP contribution is 2.32. The van der Waals surface area contributed by atoms with E-state index < -0.39 is 17.5 Å². The highest BCUT2D eigenvalue weighted by Gasteiger charge is 2.35. The molecule has 0 fully saturated rings. The van der Waals surface area contributed by atoms with E-state index in [1.54, 1.807) is 19.1 Å². The maximum atomic E-state index is 13.0. The van der Waals surface area contributed by atoms with Gasteiger partial charge in [-0.15, -0.1) is 0 Å². The molecule has 2 rings (SSSR count). The fourth-order valence-electron chi connectivity index (χ4n) is 1.88. The molecule has 0 aliphatic heterocycles. The average molecular weight is 294 g/mol. The van der Waals surface area contributed by atoms with Gasteiger partial charge in [0.25, 0.3) is 0 Å². The summed E-state index contributed by atoms with van der Waals surface area (Å²) < 4.78 is 38.9. The summed E-state index contributed by atoms with van der Waals surface area (Å²) in [6.45, 7) is 1.34. The van der Waals surface area contributed by atoms with E-state index in [2.05, 4.69) is 10.3 Å². The second-order valence-corrected chi connectivity index (χ2v) is 4.56. The van der Waals surface area contributed by atoms with Gasteiger partial charge < -0.3 is 5.32 Å². The number of hydrogen-bond donors (Lipinski definition) is 1. The van der Waals surface area contributed by atoms with E-state index in [4.69, 9.17) is 0 Å². The molecule has 6 heteroatoms. The van der Waals surface area contributed by atoms with Crippen LogP contribution in [0.15, 0.2) is 42.7 Å². The summed E-state index contributed by atoms with van der Waals surface area (Å²) in [4.78, 5) is 15.8. The third-order valence-electron chi connectivity index (χ3n) is 2.91. The van der Waals surface area contributed by atoms with Crippen LogP contribution >= 0.6 is 0 Å². The van der Waals surface area contributed by atoms with Gasteiger partial charge in [-0.2, -0.15) is 13.2 Å². The SMILES string of the molecule is Cc1ccc(C(=O)CNc2ccncc2)c(C(F)(F)F)c1. The molecule has 0 spiro atoms. The van der Waals surface area contributed by atoms with Gasteiger partial charge in [-0.3, -0.25) is 9.78 Å². The van der Waals surface area contributed by atoms with Crippen LogP contribution in [0.1, 0.15) is 21.5 Å². The van der Waals surface area contributed by atoms with Gasteiger partial charge in [0.15, 0.2) is 5.78 Å². The summed E-state index contributed by atoms with van der Waals surface area (Å²) in [5, 5.41) is 2.78. The maximum Gasteiger partial charge on any atom is 0.417 e. The number of benzene rings is 1. The van der Waals surface area contributed by atoms with Crippen LogP contribution in [0.4, 0.5) is 18.9 Å². The smallest absolute Gasteiger partial charge is 0.377 e. The average Bonchev–Trinajstić information content (AvgIpc) is 2.45. The first-order valence-electron chi connectivity index (χ1n) is 6.23. The summed E-state index contributed by atoms with van der Waals surface area (Å²) >= 11 is 0. The van der Waals surface area contributed by atoms with Gasteiger partial charge in [-0.05, 0) is 25.1 Å². The summed E-state index contributed by atoms with van der Waals surface area (Å²) in [5.74, 6) is -0.612. The Morgan fingerprint density at radius 3 is 2.48 bits per heavy atom. The first-order valence-corrected chi connectivity index (χ1v) is 6.23. The van der Waals surface area contributed by atoms with Gasteiger partial charge in [0.2, 0.25) is 0 Å². The van der Waals surface area contributed by atoms with E-state index in [1.807, 2.05) is 0 Å². The lowest BCUT2D eigenvalue weighted by atomic mass is 10.0. The van der Waals surface area contributed by atoms with Crippen LogP contribution in [0.25, 0.3) is 0 Å². The van der Waals surface area contributed by atoms with E-state index in [0.29, 0.717) is 11.3 Å². The van der Waals surface area contributed by atoms with Crippen molar-refractivity contribution in [1.82, 2.24) is 4.98 Å². The van der Waals surface area contributed by atoms with E-state index in [0.717, 1.165) is 6.07 Å². The molecular weight excluding hydrogens is 281 g/mol. The minimum Gasteiger partial charge on any atom is -0.377 e. The van der Waals surface area contributed by atoms with Gasteiger partial charge >= 0.3 is 6.18 Å². The second kappa shape index (κ2) is 5.95. The molecule has 0 atom stereocenters.